The van der Waals surface area contributed by atoms with Crippen molar-refractivity contribution in [2.24, 2.45) is 11.8 Å². The minimum absolute atomic E-state index is 0.134. The Morgan fingerprint density at radius 1 is 0.329 bits per heavy atom. The second-order valence-corrected chi connectivity index (χ2v) is 20.2. The number of hydrogen-bond acceptors (Lipinski definition) is 10. The van der Waals surface area contributed by atoms with Crippen molar-refractivity contribution < 1.29 is 38.1 Å². The van der Waals surface area contributed by atoms with Crippen molar-refractivity contribution in [3.63, 3.8) is 0 Å². The molecule has 0 N–H and O–H groups in total. The summed E-state index contributed by atoms with van der Waals surface area (Å²) in [6.07, 6.45) is 30.4. The van der Waals surface area contributed by atoms with Gasteiger partial charge in [0.1, 0.15) is 13.2 Å². The lowest BCUT2D eigenvalue weighted by atomic mass is 9.96. The van der Waals surface area contributed by atoms with E-state index in [-0.39, 0.29) is 37.3 Å². The van der Waals surface area contributed by atoms with Gasteiger partial charge in [-0.15, -0.1) is 0 Å². The van der Waals surface area contributed by atoms with Crippen LogP contribution in [0, 0.1) is 11.8 Å². The molecule has 0 saturated heterocycles. The summed E-state index contributed by atoms with van der Waals surface area (Å²) in [4.78, 5) is 60.8. The maximum Gasteiger partial charge on any atom is 0.409 e. The molecule has 0 fully saturated rings. The fourth-order valence-corrected chi connectivity index (χ4v) is 8.95. The Hall–Kier alpha value is -2.60. The Morgan fingerprint density at radius 3 is 1.01 bits per heavy atom. The molecule has 0 radical (unpaired) electrons. The van der Waals surface area contributed by atoms with Crippen LogP contribution in [0.25, 0.3) is 0 Å². The standard InChI is InChI=1S/C58H114N4O8/c1-9-17-23-27-37-53(35-21-13-5)51-69-55(63)39-29-33-43-61(41-31-25-19-11-3)57(65)67-49-47-60(46-45-59(15-7)16-8)48-50-68-58(66)62(42-32-26-20-12-4)44-34-30-40-56(64)70-52-54(36-22-14-6)38-28-24-18-10-2/h53-54H,9-52H2,1-8H3. The van der Waals surface area contributed by atoms with Crippen molar-refractivity contribution in [2.45, 2.75) is 248 Å². The van der Waals surface area contributed by atoms with Crippen LogP contribution < -0.4 is 0 Å². The van der Waals surface area contributed by atoms with Gasteiger partial charge in [-0.25, -0.2) is 9.59 Å². The van der Waals surface area contributed by atoms with Crippen LogP contribution in [0.1, 0.15) is 248 Å². The van der Waals surface area contributed by atoms with E-state index in [1.165, 1.54) is 64.2 Å². The summed E-state index contributed by atoms with van der Waals surface area (Å²) in [6.45, 7) is 26.1. The van der Waals surface area contributed by atoms with Crippen molar-refractivity contribution in [3.8, 4) is 0 Å². The van der Waals surface area contributed by atoms with E-state index in [9.17, 15) is 19.2 Å². The molecule has 0 aromatic carbocycles. The number of nitrogens with zero attached hydrogens (tertiary/aromatic N) is 4. The molecular formula is C58H114N4O8. The molecule has 2 unspecified atom stereocenters. The van der Waals surface area contributed by atoms with Crippen molar-refractivity contribution in [1.29, 1.82) is 0 Å². The number of rotatable bonds is 51. The third-order valence-electron chi connectivity index (χ3n) is 13.9. The van der Waals surface area contributed by atoms with Crippen LogP contribution in [-0.4, -0.2) is 136 Å². The fourth-order valence-electron chi connectivity index (χ4n) is 8.95. The Bertz CT molecular complexity index is 1120. The van der Waals surface area contributed by atoms with Crippen LogP contribution in [0.4, 0.5) is 9.59 Å². The Balaban J connectivity index is 5.30. The first kappa shape index (κ1) is 67.4. The Labute approximate surface area is 432 Å². The monoisotopic (exact) mass is 995 g/mol. The maximum atomic E-state index is 13.5. The summed E-state index contributed by atoms with van der Waals surface area (Å²) in [5.74, 6) is 0.625. The molecular weight excluding hydrogens is 881 g/mol. The predicted molar refractivity (Wildman–Crippen MR) is 292 cm³/mol. The number of esters is 2. The fraction of sp³-hybridized carbons (Fsp3) is 0.931. The van der Waals surface area contributed by atoms with Crippen LogP contribution >= 0.6 is 0 Å². The molecule has 2 amide bonds. The highest BCUT2D eigenvalue weighted by Crippen LogP contribution is 2.20. The second kappa shape index (κ2) is 50.0. The molecule has 70 heavy (non-hydrogen) atoms. The Morgan fingerprint density at radius 2 is 0.657 bits per heavy atom. The highest BCUT2D eigenvalue weighted by Gasteiger charge is 2.20. The van der Waals surface area contributed by atoms with Gasteiger partial charge in [0.15, 0.2) is 0 Å². The highest BCUT2D eigenvalue weighted by molar-refractivity contribution is 5.70. The molecule has 12 heteroatoms. The number of amides is 2. The van der Waals surface area contributed by atoms with Gasteiger partial charge >= 0.3 is 24.1 Å². The van der Waals surface area contributed by atoms with Crippen LogP contribution in [0.3, 0.4) is 0 Å². The number of carbonyl (C=O) groups is 4. The number of carbonyl (C=O) groups excluding carboxylic acids is 4. The van der Waals surface area contributed by atoms with E-state index in [0.717, 1.165) is 129 Å². The lowest BCUT2D eigenvalue weighted by molar-refractivity contribution is -0.146. The topological polar surface area (TPSA) is 118 Å². The predicted octanol–water partition coefficient (Wildman–Crippen LogP) is 14.6. The van der Waals surface area contributed by atoms with Crippen molar-refractivity contribution in [1.82, 2.24) is 19.6 Å². The lowest BCUT2D eigenvalue weighted by Gasteiger charge is -2.28. The molecule has 0 aliphatic carbocycles. The van der Waals surface area contributed by atoms with E-state index < -0.39 is 0 Å². The van der Waals surface area contributed by atoms with Crippen molar-refractivity contribution in [3.05, 3.63) is 0 Å². The van der Waals surface area contributed by atoms with Gasteiger partial charge in [0, 0.05) is 65.2 Å². The van der Waals surface area contributed by atoms with Crippen molar-refractivity contribution in [2.75, 3.05) is 91.9 Å². The first-order chi connectivity index (χ1) is 34.1. The highest BCUT2D eigenvalue weighted by atomic mass is 16.6. The zero-order chi connectivity index (χ0) is 51.7. The molecule has 12 nitrogen and oxygen atoms in total. The first-order valence-corrected chi connectivity index (χ1v) is 29.7. The third kappa shape index (κ3) is 39.9. The quantitative estimate of drug-likeness (QED) is 0.0331. The summed E-state index contributed by atoms with van der Waals surface area (Å²) in [5, 5.41) is 0. The van der Waals surface area contributed by atoms with Crippen molar-refractivity contribution >= 4 is 24.1 Å². The summed E-state index contributed by atoms with van der Waals surface area (Å²) in [5.41, 5.74) is 0. The number of likely N-dealkylation sites (N-methyl/N-ethyl adjacent to an activating group) is 1. The minimum atomic E-state index is -0.308. The van der Waals surface area contributed by atoms with Gasteiger partial charge in [-0.3, -0.25) is 14.5 Å². The molecule has 0 rings (SSSR count). The third-order valence-corrected chi connectivity index (χ3v) is 13.9. The second-order valence-electron chi connectivity index (χ2n) is 20.2. The van der Waals surface area contributed by atoms with E-state index in [0.29, 0.717) is 90.0 Å². The number of ether oxygens (including phenoxy) is 4. The van der Waals surface area contributed by atoms with Crippen LogP contribution in [0.2, 0.25) is 0 Å². The largest absolute Gasteiger partial charge is 0.465 e. The lowest BCUT2D eigenvalue weighted by Crippen LogP contribution is -2.41. The van der Waals surface area contributed by atoms with Crippen LogP contribution in [0.15, 0.2) is 0 Å². The maximum absolute atomic E-state index is 13.5. The summed E-state index contributed by atoms with van der Waals surface area (Å²) < 4.78 is 23.4. The van der Waals surface area contributed by atoms with Gasteiger partial charge in [0.05, 0.1) is 13.2 Å². The van der Waals surface area contributed by atoms with Gasteiger partial charge in [0.25, 0.3) is 0 Å². The van der Waals surface area contributed by atoms with E-state index in [1.807, 2.05) is 9.80 Å². The summed E-state index contributed by atoms with van der Waals surface area (Å²) in [6, 6.07) is 0. The molecule has 0 aromatic rings. The zero-order valence-corrected chi connectivity index (χ0v) is 47.3. The number of unbranched alkanes of at least 4 members (excludes halogenated alkanes) is 16. The summed E-state index contributed by atoms with van der Waals surface area (Å²) >= 11 is 0. The SMILES string of the molecule is CCCCCCC(CCCC)COC(=O)CCCCN(CCCCCC)C(=O)OCCN(CCOC(=O)N(CCCCCC)CCCCC(=O)OCC(CCCC)CCCCCC)CCN(CC)CC. The first-order valence-electron chi connectivity index (χ1n) is 29.7. The van der Waals surface area contributed by atoms with E-state index in [1.54, 1.807) is 0 Å². The van der Waals surface area contributed by atoms with E-state index >= 15 is 0 Å². The molecule has 0 aliphatic rings. The molecule has 0 spiro atoms. The van der Waals surface area contributed by atoms with Gasteiger partial charge < -0.3 is 33.6 Å². The average Bonchev–Trinajstić information content (AvgIpc) is 3.36. The molecule has 0 aliphatic heterocycles. The zero-order valence-electron chi connectivity index (χ0n) is 47.3. The Kier molecular flexibility index (Phi) is 48.1. The molecule has 0 bridgehead atoms. The molecule has 414 valence electrons. The molecule has 0 aromatic heterocycles. The van der Waals surface area contributed by atoms with E-state index in [4.69, 9.17) is 18.9 Å². The molecule has 0 saturated carbocycles. The molecule has 2 atom stereocenters. The van der Waals surface area contributed by atoms with Gasteiger partial charge in [-0.2, -0.15) is 0 Å². The smallest absolute Gasteiger partial charge is 0.409 e. The average molecular weight is 996 g/mol. The normalized spacial score (nSPS) is 12.3. The van der Waals surface area contributed by atoms with E-state index in [2.05, 4.69) is 65.2 Å². The minimum Gasteiger partial charge on any atom is -0.465 e. The van der Waals surface area contributed by atoms with Crippen LogP contribution in [-0.2, 0) is 28.5 Å². The molecule has 0 heterocycles. The van der Waals surface area contributed by atoms with Gasteiger partial charge in [-0.1, -0.05) is 171 Å². The van der Waals surface area contributed by atoms with Crippen LogP contribution in [0.5, 0.6) is 0 Å². The summed E-state index contributed by atoms with van der Waals surface area (Å²) in [7, 11) is 0. The van der Waals surface area contributed by atoms with Gasteiger partial charge in [-0.05, 0) is 89.1 Å². The number of hydrogen-bond donors (Lipinski definition) is 0. The van der Waals surface area contributed by atoms with Gasteiger partial charge in [0.2, 0.25) is 0 Å².